The van der Waals surface area contributed by atoms with Crippen molar-refractivity contribution in [3.8, 4) is 5.88 Å². The van der Waals surface area contributed by atoms with Crippen LogP contribution in [0.3, 0.4) is 0 Å². The van der Waals surface area contributed by atoms with E-state index in [0.717, 1.165) is 6.42 Å². The molecule has 96 valence electrons. The average molecular weight is 241 g/mol. The molecule has 0 aliphatic heterocycles. The Hall–Kier alpha value is -1.56. The Labute approximate surface area is 101 Å². The third kappa shape index (κ3) is 4.86. The van der Waals surface area contributed by atoms with Crippen molar-refractivity contribution in [2.24, 2.45) is 5.73 Å². The van der Waals surface area contributed by atoms with E-state index >= 15 is 0 Å². The second kappa shape index (κ2) is 5.67. The molecule has 6 heteroatoms. The monoisotopic (exact) mass is 241 g/mol. The molecule has 0 saturated carbocycles. The summed E-state index contributed by atoms with van der Waals surface area (Å²) >= 11 is 0. The topological polar surface area (TPSA) is 79.4 Å². The Morgan fingerprint density at radius 3 is 2.82 bits per heavy atom. The molecule has 0 fully saturated rings. The van der Waals surface area contributed by atoms with Crippen LogP contribution in [0, 0.1) is 0 Å². The number of nitrogens with two attached hydrogens (primary N) is 1. The lowest BCUT2D eigenvalue weighted by Gasteiger charge is -2.18. The standard InChI is InChI=1S/C11H19N3O3/c1-11(2,3)17-10(15)14-7-9(13-8-14)16-6-4-5-12/h7-8H,4-6,12H2,1-3H3. The SMILES string of the molecule is CC(C)(C)OC(=O)n1cnc(OCCCN)c1. The van der Waals surface area contributed by atoms with Crippen LogP contribution >= 0.6 is 0 Å². The van der Waals surface area contributed by atoms with Crippen molar-refractivity contribution in [1.29, 1.82) is 0 Å². The van der Waals surface area contributed by atoms with Gasteiger partial charge in [-0.2, -0.15) is 0 Å². The Balaban J connectivity index is 2.52. The number of aromatic nitrogens is 2. The number of hydrogen-bond donors (Lipinski definition) is 1. The highest BCUT2D eigenvalue weighted by atomic mass is 16.6. The molecule has 0 radical (unpaired) electrons. The summed E-state index contributed by atoms with van der Waals surface area (Å²) in [7, 11) is 0. The fourth-order valence-electron chi connectivity index (χ4n) is 1.05. The lowest BCUT2D eigenvalue weighted by atomic mass is 10.2. The zero-order valence-corrected chi connectivity index (χ0v) is 10.5. The molecule has 1 rings (SSSR count). The minimum atomic E-state index is -0.526. The lowest BCUT2D eigenvalue weighted by Crippen LogP contribution is -2.26. The molecule has 0 bridgehead atoms. The number of nitrogens with zero attached hydrogens (tertiary/aromatic N) is 2. The minimum absolute atomic E-state index is 0.393. The molecule has 1 aromatic rings. The highest BCUT2D eigenvalue weighted by molar-refractivity contribution is 5.70. The Bertz CT molecular complexity index is 368. The van der Waals surface area contributed by atoms with E-state index in [0.29, 0.717) is 19.0 Å². The van der Waals surface area contributed by atoms with Gasteiger partial charge in [-0.3, -0.25) is 0 Å². The van der Waals surface area contributed by atoms with Crippen LogP contribution in [0.5, 0.6) is 5.88 Å². The van der Waals surface area contributed by atoms with Gasteiger partial charge in [0, 0.05) is 0 Å². The summed E-state index contributed by atoms with van der Waals surface area (Å²) < 4.78 is 11.7. The highest BCUT2D eigenvalue weighted by Crippen LogP contribution is 2.11. The quantitative estimate of drug-likeness (QED) is 0.806. The second-order valence-electron chi connectivity index (χ2n) is 4.59. The van der Waals surface area contributed by atoms with Crippen LogP contribution in [0.15, 0.2) is 12.5 Å². The first-order chi connectivity index (χ1) is 7.92. The Morgan fingerprint density at radius 2 is 2.24 bits per heavy atom. The normalized spacial score (nSPS) is 11.3. The zero-order valence-electron chi connectivity index (χ0n) is 10.5. The molecule has 0 spiro atoms. The molecule has 0 unspecified atom stereocenters. The van der Waals surface area contributed by atoms with Crippen molar-refractivity contribution in [1.82, 2.24) is 9.55 Å². The molecular formula is C11H19N3O3. The molecule has 0 aliphatic rings. The molecule has 0 amide bonds. The number of ether oxygens (including phenoxy) is 2. The van der Waals surface area contributed by atoms with Gasteiger partial charge in [-0.05, 0) is 33.7 Å². The van der Waals surface area contributed by atoms with E-state index in [1.165, 1.54) is 17.1 Å². The van der Waals surface area contributed by atoms with E-state index in [9.17, 15) is 4.79 Å². The summed E-state index contributed by atoms with van der Waals surface area (Å²) in [5.41, 5.74) is 4.81. The predicted octanol–water partition coefficient (Wildman–Crippen LogP) is 1.39. The third-order valence-electron chi connectivity index (χ3n) is 1.76. The first-order valence-corrected chi connectivity index (χ1v) is 5.52. The van der Waals surface area contributed by atoms with Gasteiger partial charge in [-0.15, -0.1) is 0 Å². The van der Waals surface area contributed by atoms with Gasteiger partial charge in [0.1, 0.15) is 11.9 Å². The van der Waals surface area contributed by atoms with Crippen molar-refractivity contribution in [3.05, 3.63) is 12.5 Å². The van der Waals surface area contributed by atoms with Crippen LogP contribution in [-0.2, 0) is 4.74 Å². The number of imidazole rings is 1. The average Bonchev–Trinajstić information content (AvgIpc) is 2.64. The maximum atomic E-state index is 11.6. The van der Waals surface area contributed by atoms with Crippen molar-refractivity contribution in [3.63, 3.8) is 0 Å². The summed E-state index contributed by atoms with van der Waals surface area (Å²) in [5.74, 6) is 0.393. The molecule has 17 heavy (non-hydrogen) atoms. The summed E-state index contributed by atoms with van der Waals surface area (Å²) in [5, 5.41) is 0. The van der Waals surface area contributed by atoms with Crippen LogP contribution in [-0.4, -0.2) is 34.4 Å². The zero-order chi connectivity index (χ0) is 12.9. The summed E-state index contributed by atoms with van der Waals surface area (Å²) in [6, 6.07) is 0. The van der Waals surface area contributed by atoms with Gasteiger partial charge in [-0.25, -0.2) is 14.3 Å². The fraction of sp³-hybridized carbons (Fsp3) is 0.636. The van der Waals surface area contributed by atoms with E-state index in [-0.39, 0.29) is 0 Å². The molecular weight excluding hydrogens is 222 g/mol. The van der Waals surface area contributed by atoms with Gasteiger partial charge in [-0.1, -0.05) is 0 Å². The van der Waals surface area contributed by atoms with Crippen molar-refractivity contribution >= 4 is 6.09 Å². The fourth-order valence-corrected chi connectivity index (χ4v) is 1.05. The van der Waals surface area contributed by atoms with Crippen LogP contribution < -0.4 is 10.5 Å². The minimum Gasteiger partial charge on any atom is -0.477 e. The highest BCUT2D eigenvalue weighted by Gasteiger charge is 2.18. The Morgan fingerprint density at radius 1 is 1.53 bits per heavy atom. The second-order valence-corrected chi connectivity index (χ2v) is 4.59. The predicted molar refractivity (Wildman–Crippen MR) is 63.0 cm³/mol. The molecule has 1 heterocycles. The summed E-state index contributed by atoms with van der Waals surface area (Å²) in [4.78, 5) is 15.6. The molecule has 0 aromatic carbocycles. The van der Waals surface area contributed by atoms with Gasteiger partial charge in [0.25, 0.3) is 0 Å². The number of carbonyl (C=O) groups excluding carboxylic acids is 1. The maximum Gasteiger partial charge on any atom is 0.419 e. The molecule has 6 nitrogen and oxygen atoms in total. The molecule has 2 N–H and O–H groups in total. The van der Waals surface area contributed by atoms with Gasteiger partial charge >= 0.3 is 6.09 Å². The van der Waals surface area contributed by atoms with E-state index in [1.807, 2.05) is 0 Å². The molecule has 0 atom stereocenters. The number of rotatable bonds is 4. The number of hydrogen-bond acceptors (Lipinski definition) is 5. The van der Waals surface area contributed by atoms with E-state index in [1.54, 1.807) is 20.8 Å². The maximum absolute atomic E-state index is 11.6. The molecule has 0 aliphatic carbocycles. The van der Waals surface area contributed by atoms with Gasteiger partial charge in [0.15, 0.2) is 0 Å². The largest absolute Gasteiger partial charge is 0.477 e. The third-order valence-corrected chi connectivity index (χ3v) is 1.76. The van der Waals surface area contributed by atoms with Gasteiger partial charge in [0.05, 0.1) is 12.8 Å². The van der Waals surface area contributed by atoms with E-state index in [4.69, 9.17) is 15.2 Å². The molecule has 1 aromatic heterocycles. The van der Waals surface area contributed by atoms with E-state index < -0.39 is 11.7 Å². The smallest absolute Gasteiger partial charge is 0.419 e. The summed E-state index contributed by atoms with van der Waals surface area (Å²) in [6.45, 7) is 6.47. The number of carbonyl (C=O) groups is 1. The van der Waals surface area contributed by atoms with Crippen LogP contribution in [0.25, 0.3) is 0 Å². The summed E-state index contributed by atoms with van der Waals surface area (Å²) in [6.07, 6.45) is 3.13. The van der Waals surface area contributed by atoms with Gasteiger partial charge in [0.2, 0.25) is 5.88 Å². The molecule has 0 saturated heterocycles. The lowest BCUT2D eigenvalue weighted by molar-refractivity contribution is 0.0536. The van der Waals surface area contributed by atoms with Crippen molar-refractivity contribution in [2.75, 3.05) is 13.2 Å². The first kappa shape index (κ1) is 13.5. The van der Waals surface area contributed by atoms with Gasteiger partial charge < -0.3 is 15.2 Å². The van der Waals surface area contributed by atoms with Crippen LogP contribution in [0.2, 0.25) is 0 Å². The van der Waals surface area contributed by atoms with Crippen molar-refractivity contribution in [2.45, 2.75) is 32.8 Å². The van der Waals surface area contributed by atoms with Crippen LogP contribution in [0.4, 0.5) is 4.79 Å². The Kier molecular flexibility index (Phi) is 4.51. The van der Waals surface area contributed by atoms with Crippen LogP contribution in [0.1, 0.15) is 27.2 Å². The van der Waals surface area contributed by atoms with E-state index in [2.05, 4.69) is 4.98 Å². The first-order valence-electron chi connectivity index (χ1n) is 5.52. The van der Waals surface area contributed by atoms with Crippen molar-refractivity contribution < 1.29 is 14.3 Å².